The zero-order valence-corrected chi connectivity index (χ0v) is 18.0. The predicted octanol–water partition coefficient (Wildman–Crippen LogP) is 5.33. The van der Waals surface area contributed by atoms with Crippen molar-refractivity contribution in [3.05, 3.63) is 65.0 Å². The Morgan fingerprint density at radius 2 is 1.86 bits per heavy atom. The van der Waals surface area contributed by atoms with Crippen molar-refractivity contribution in [3.8, 4) is 5.75 Å². The first-order chi connectivity index (χ1) is 13.8. The summed E-state index contributed by atoms with van der Waals surface area (Å²) in [5, 5.41) is 11.5. The third kappa shape index (κ3) is 6.24. The normalized spacial score (nSPS) is 11.3. The molecule has 1 aromatic heterocycles. The fraction of sp³-hybridized carbons (Fsp3) is 0.286. The lowest BCUT2D eigenvalue weighted by Crippen LogP contribution is -2.15. The molecule has 152 valence electrons. The van der Waals surface area contributed by atoms with Gasteiger partial charge in [0.1, 0.15) is 5.75 Å². The molecule has 0 aliphatic rings. The van der Waals surface area contributed by atoms with Gasteiger partial charge in [0.2, 0.25) is 5.91 Å². The molecular formula is C21H22ClN3O3S. The van der Waals surface area contributed by atoms with Gasteiger partial charge in [-0.15, -0.1) is 10.2 Å². The van der Waals surface area contributed by atoms with E-state index in [2.05, 4.69) is 36.3 Å². The lowest BCUT2D eigenvalue weighted by molar-refractivity contribution is -0.113. The number of halogens is 1. The summed E-state index contributed by atoms with van der Waals surface area (Å²) in [6.07, 6.45) is 0. The molecule has 3 rings (SSSR count). The quantitative estimate of drug-likeness (QED) is 0.509. The molecular weight excluding hydrogens is 410 g/mol. The second-order valence-electron chi connectivity index (χ2n) is 7.35. The van der Waals surface area contributed by atoms with Gasteiger partial charge in [0, 0.05) is 5.69 Å². The summed E-state index contributed by atoms with van der Waals surface area (Å²) >= 11 is 7.20. The van der Waals surface area contributed by atoms with Crippen molar-refractivity contribution in [2.45, 2.75) is 38.0 Å². The number of ether oxygens (including phenoxy) is 1. The third-order valence-electron chi connectivity index (χ3n) is 4.00. The highest BCUT2D eigenvalue weighted by atomic mass is 35.5. The first-order valence-electron chi connectivity index (χ1n) is 9.04. The lowest BCUT2D eigenvalue weighted by Gasteiger charge is -2.19. The summed E-state index contributed by atoms with van der Waals surface area (Å²) < 4.78 is 11.0. The fourth-order valence-corrected chi connectivity index (χ4v) is 3.20. The maximum Gasteiger partial charge on any atom is 0.277 e. The van der Waals surface area contributed by atoms with Gasteiger partial charge in [-0.3, -0.25) is 4.79 Å². The minimum absolute atomic E-state index is 0.0730. The topological polar surface area (TPSA) is 77.2 Å². The number of hydrogen-bond acceptors (Lipinski definition) is 6. The number of carbonyl (C=O) groups is 1. The molecule has 29 heavy (non-hydrogen) atoms. The van der Waals surface area contributed by atoms with Gasteiger partial charge in [0.05, 0.1) is 10.8 Å². The van der Waals surface area contributed by atoms with E-state index in [1.54, 1.807) is 12.1 Å². The summed E-state index contributed by atoms with van der Waals surface area (Å²) in [5.41, 5.74) is 2.04. The van der Waals surface area contributed by atoms with Crippen LogP contribution in [-0.4, -0.2) is 21.9 Å². The van der Waals surface area contributed by atoms with Crippen molar-refractivity contribution in [2.75, 3.05) is 11.1 Å². The molecule has 0 aliphatic heterocycles. The molecule has 0 atom stereocenters. The molecule has 1 heterocycles. The van der Waals surface area contributed by atoms with Gasteiger partial charge in [0.25, 0.3) is 11.1 Å². The minimum Gasteiger partial charge on any atom is -0.482 e. The number of thioether (sulfide) groups is 1. The Labute approximate surface area is 179 Å². The van der Waals surface area contributed by atoms with Crippen LogP contribution in [0, 0.1) is 0 Å². The second-order valence-corrected chi connectivity index (χ2v) is 8.68. The second kappa shape index (κ2) is 9.33. The number of hydrogen-bond donors (Lipinski definition) is 1. The molecule has 6 nitrogen and oxygen atoms in total. The maximum atomic E-state index is 12.2. The first kappa shape index (κ1) is 21.2. The van der Waals surface area contributed by atoms with E-state index in [9.17, 15) is 4.79 Å². The van der Waals surface area contributed by atoms with Crippen LogP contribution < -0.4 is 10.1 Å². The van der Waals surface area contributed by atoms with E-state index in [4.69, 9.17) is 20.8 Å². The van der Waals surface area contributed by atoms with E-state index in [-0.39, 0.29) is 23.7 Å². The van der Waals surface area contributed by atoms with Crippen molar-refractivity contribution < 1.29 is 13.9 Å². The lowest BCUT2D eigenvalue weighted by atomic mass is 9.87. The Morgan fingerprint density at radius 3 is 2.55 bits per heavy atom. The van der Waals surface area contributed by atoms with Crippen LogP contribution in [0.25, 0.3) is 0 Å². The van der Waals surface area contributed by atoms with Crippen LogP contribution in [0.4, 0.5) is 5.69 Å². The summed E-state index contributed by atoms with van der Waals surface area (Å²) in [6.45, 7) is 6.55. The first-order valence-corrected chi connectivity index (χ1v) is 10.4. The Hall–Kier alpha value is -2.51. The number of nitrogens with one attached hydrogen (secondary N) is 1. The third-order valence-corrected chi connectivity index (χ3v) is 5.13. The van der Waals surface area contributed by atoms with E-state index in [1.165, 1.54) is 17.3 Å². The van der Waals surface area contributed by atoms with E-state index in [1.807, 2.05) is 36.4 Å². The van der Waals surface area contributed by atoms with Crippen LogP contribution in [0.3, 0.4) is 0 Å². The molecule has 8 heteroatoms. The van der Waals surface area contributed by atoms with Gasteiger partial charge in [-0.2, -0.15) is 0 Å². The van der Waals surface area contributed by atoms with Crippen molar-refractivity contribution in [1.82, 2.24) is 10.2 Å². The summed E-state index contributed by atoms with van der Waals surface area (Å²) in [6, 6.07) is 15.0. The minimum atomic E-state index is -0.148. The SMILES string of the molecule is CC(C)(C)c1ccc(NC(=O)CSc2nnc(COc3ccccc3Cl)o2)cc1. The molecule has 0 unspecified atom stereocenters. The molecule has 1 amide bonds. The summed E-state index contributed by atoms with van der Waals surface area (Å²) in [4.78, 5) is 12.2. The highest BCUT2D eigenvalue weighted by Gasteiger charge is 2.14. The van der Waals surface area contributed by atoms with Crippen LogP contribution in [0.2, 0.25) is 5.02 Å². The highest BCUT2D eigenvalue weighted by molar-refractivity contribution is 7.99. The largest absolute Gasteiger partial charge is 0.482 e. The van der Waals surface area contributed by atoms with Gasteiger partial charge in [-0.05, 0) is 35.2 Å². The molecule has 0 saturated heterocycles. The molecule has 0 bridgehead atoms. The van der Waals surface area contributed by atoms with Crippen molar-refractivity contribution in [3.63, 3.8) is 0 Å². The van der Waals surface area contributed by atoms with E-state index >= 15 is 0 Å². The van der Waals surface area contributed by atoms with Crippen LogP contribution in [0.5, 0.6) is 5.75 Å². The monoisotopic (exact) mass is 431 g/mol. The van der Waals surface area contributed by atoms with Gasteiger partial charge >= 0.3 is 0 Å². The molecule has 1 N–H and O–H groups in total. The Morgan fingerprint density at radius 1 is 1.14 bits per heavy atom. The van der Waals surface area contributed by atoms with Crippen LogP contribution >= 0.6 is 23.4 Å². The Kier molecular flexibility index (Phi) is 6.82. The highest BCUT2D eigenvalue weighted by Crippen LogP contribution is 2.25. The van der Waals surface area contributed by atoms with Gasteiger partial charge in [-0.25, -0.2) is 0 Å². The van der Waals surface area contributed by atoms with Gasteiger partial charge < -0.3 is 14.5 Å². The zero-order chi connectivity index (χ0) is 20.9. The molecule has 3 aromatic rings. The van der Waals surface area contributed by atoms with Crippen molar-refractivity contribution in [1.29, 1.82) is 0 Å². The number of para-hydroxylation sites is 1. The van der Waals surface area contributed by atoms with Crippen molar-refractivity contribution >= 4 is 35.0 Å². The van der Waals surface area contributed by atoms with Crippen LogP contribution in [-0.2, 0) is 16.8 Å². The molecule has 0 aliphatic carbocycles. The molecule has 0 radical (unpaired) electrons. The van der Waals surface area contributed by atoms with Gasteiger partial charge in [-0.1, -0.05) is 68.4 Å². The average Bonchev–Trinajstić information content (AvgIpc) is 3.13. The number of aromatic nitrogens is 2. The number of anilines is 1. The molecule has 2 aromatic carbocycles. The van der Waals surface area contributed by atoms with Crippen LogP contribution in [0.15, 0.2) is 58.2 Å². The summed E-state index contributed by atoms with van der Waals surface area (Å²) in [7, 11) is 0. The standard InChI is InChI=1S/C21H22ClN3O3S/c1-21(2,3)14-8-10-15(11-9-14)23-18(26)13-29-20-25-24-19(28-20)12-27-17-7-5-4-6-16(17)22/h4-11H,12-13H2,1-3H3,(H,23,26). The number of nitrogens with zero attached hydrogens (tertiary/aromatic N) is 2. The Bertz CT molecular complexity index is 968. The number of rotatable bonds is 7. The number of carbonyl (C=O) groups excluding carboxylic acids is 1. The maximum absolute atomic E-state index is 12.2. The molecule has 0 spiro atoms. The molecule has 0 saturated carbocycles. The van der Waals surface area contributed by atoms with Crippen molar-refractivity contribution in [2.24, 2.45) is 0 Å². The van der Waals surface area contributed by atoms with Gasteiger partial charge in [0.15, 0.2) is 6.61 Å². The fourth-order valence-electron chi connectivity index (χ4n) is 2.43. The smallest absolute Gasteiger partial charge is 0.277 e. The van der Waals surface area contributed by atoms with E-state index in [0.717, 1.165) is 5.69 Å². The molecule has 0 fully saturated rings. The zero-order valence-electron chi connectivity index (χ0n) is 16.4. The number of amides is 1. The average molecular weight is 432 g/mol. The predicted molar refractivity (Wildman–Crippen MR) is 115 cm³/mol. The number of benzene rings is 2. The van der Waals surface area contributed by atoms with E-state index < -0.39 is 0 Å². The van der Waals surface area contributed by atoms with E-state index in [0.29, 0.717) is 21.9 Å². The Balaban J connectivity index is 1.46. The van der Waals surface area contributed by atoms with Crippen LogP contribution in [0.1, 0.15) is 32.2 Å². The summed E-state index contributed by atoms with van der Waals surface area (Å²) in [5.74, 6) is 0.864.